The van der Waals surface area contributed by atoms with Gasteiger partial charge in [0.05, 0.1) is 11.9 Å². The first-order valence-electron chi connectivity index (χ1n) is 6.45. The van der Waals surface area contributed by atoms with Gasteiger partial charge < -0.3 is 10.1 Å². The van der Waals surface area contributed by atoms with E-state index in [9.17, 15) is 8.42 Å². The number of hydrogen-bond donors (Lipinski definition) is 1. The maximum Gasteiger partial charge on any atom is 0.216 e. The lowest BCUT2D eigenvalue weighted by Crippen LogP contribution is -2.36. The summed E-state index contributed by atoms with van der Waals surface area (Å²) in [7, 11) is -3.10. The van der Waals surface area contributed by atoms with Gasteiger partial charge in [-0.2, -0.15) is 0 Å². The first-order valence-corrected chi connectivity index (χ1v) is 8.06. The molecule has 3 aliphatic rings. The van der Waals surface area contributed by atoms with E-state index >= 15 is 0 Å². The van der Waals surface area contributed by atoms with E-state index < -0.39 is 10.0 Å². The fourth-order valence-corrected chi connectivity index (χ4v) is 4.94. The van der Waals surface area contributed by atoms with E-state index in [0.29, 0.717) is 24.9 Å². The third-order valence-electron chi connectivity index (χ3n) is 4.17. The monoisotopic (exact) mass is 296 g/mol. The smallest absolute Gasteiger partial charge is 0.216 e. The first-order chi connectivity index (χ1) is 8.15. The molecule has 3 aliphatic heterocycles. The van der Waals surface area contributed by atoms with Gasteiger partial charge in [-0.15, -0.1) is 12.4 Å². The third-order valence-corrected chi connectivity index (χ3v) is 6.05. The molecule has 5 nitrogen and oxygen atoms in total. The lowest BCUT2D eigenvalue weighted by atomic mass is 10.0. The van der Waals surface area contributed by atoms with Gasteiger partial charge in [0.15, 0.2) is 0 Å². The van der Waals surface area contributed by atoms with Crippen LogP contribution in [-0.4, -0.2) is 57.4 Å². The van der Waals surface area contributed by atoms with E-state index in [1.54, 1.807) is 4.31 Å². The van der Waals surface area contributed by atoms with Crippen LogP contribution in [0.5, 0.6) is 0 Å². The van der Waals surface area contributed by atoms with Crippen molar-refractivity contribution < 1.29 is 13.2 Å². The summed E-state index contributed by atoms with van der Waals surface area (Å²) in [4.78, 5) is 0. The molecule has 0 radical (unpaired) electrons. The minimum atomic E-state index is -3.10. The fraction of sp³-hybridized carbons (Fsp3) is 1.00. The number of fused-ring (bicyclic) bond motifs is 1. The number of sulfonamides is 1. The summed E-state index contributed by atoms with van der Waals surface area (Å²) in [5.74, 6) is 1.23. The molecule has 0 saturated carbocycles. The molecule has 0 amide bonds. The largest absolute Gasteiger partial charge is 0.377 e. The van der Waals surface area contributed by atoms with Gasteiger partial charge in [-0.1, -0.05) is 0 Å². The van der Waals surface area contributed by atoms with Crippen molar-refractivity contribution in [3.05, 3.63) is 0 Å². The topological polar surface area (TPSA) is 58.6 Å². The molecule has 0 bridgehead atoms. The van der Waals surface area contributed by atoms with Gasteiger partial charge in [0, 0.05) is 19.7 Å². The molecule has 3 fully saturated rings. The highest BCUT2D eigenvalue weighted by Gasteiger charge is 2.41. The van der Waals surface area contributed by atoms with Gasteiger partial charge in [0.2, 0.25) is 10.0 Å². The number of nitrogens with zero attached hydrogens (tertiary/aromatic N) is 1. The van der Waals surface area contributed by atoms with Crippen molar-refractivity contribution in [1.82, 2.24) is 9.62 Å². The molecule has 3 rings (SSSR count). The van der Waals surface area contributed by atoms with Crippen LogP contribution in [0, 0.1) is 11.8 Å². The second-order valence-electron chi connectivity index (χ2n) is 5.41. The Bertz CT molecular complexity index is 372. The lowest BCUT2D eigenvalue weighted by molar-refractivity contribution is 0.126. The average Bonchev–Trinajstić information content (AvgIpc) is 2.88. The Kier molecular flexibility index (Phi) is 4.54. The van der Waals surface area contributed by atoms with Crippen molar-refractivity contribution in [1.29, 1.82) is 0 Å². The third kappa shape index (κ3) is 2.82. The molecule has 3 atom stereocenters. The zero-order valence-corrected chi connectivity index (χ0v) is 12.0. The first kappa shape index (κ1) is 14.5. The van der Waals surface area contributed by atoms with E-state index in [0.717, 1.165) is 32.5 Å². The molecule has 0 aromatic heterocycles. The standard InChI is InChI=1S/C11H20N2O3S.ClH/c14-17(15,8-11-2-1-3-16-11)13-6-9-4-12-5-10(9)7-13;/h9-12H,1-8H2;1H/t9-,10+,11?;. The van der Waals surface area contributed by atoms with Crippen LogP contribution in [0.2, 0.25) is 0 Å². The SMILES string of the molecule is Cl.O=S(=O)(CC1CCCO1)N1C[C@H]2CNC[C@H]2C1. The minimum Gasteiger partial charge on any atom is -0.377 e. The van der Waals surface area contributed by atoms with E-state index in [4.69, 9.17) is 4.74 Å². The highest BCUT2D eigenvalue weighted by molar-refractivity contribution is 7.89. The summed E-state index contributed by atoms with van der Waals surface area (Å²) in [5.41, 5.74) is 0. The van der Waals surface area contributed by atoms with Crippen molar-refractivity contribution in [2.45, 2.75) is 18.9 Å². The number of halogens is 1. The maximum absolute atomic E-state index is 12.2. The van der Waals surface area contributed by atoms with Gasteiger partial charge in [-0.25, -0.2) is 12.7 Å². The zero-order chi connectivity index (χ0) is 11.9. The van der Waals surface area contributed by atoms with E-state index in [1.807, 2.05) is 0 Å². The minimum absolute atomic E-state index is 0. The Morgan fingerprint density at radius 3 is 2.44 bits per heavy atom. The molecule has 106 valence electrons. The summed E-state index contributed by atoms with van der Waals surface area (Å²) >= 11 is 0. The second-order valence-corrected chi connectivity index (χ2v) is 7.42. The summed E-state index contributed by atoms with van der Waals surface area (Å²) in [6.45, 7) is 4.06. The van der Waals surface area contributed by atoms with Crippen LogP contribution < -0.4 is 5.32 Å². The molecule has 3 heterocycles. The molecular formula is C11H21ClN2O3S. The van der Waals surface area contributed by atoms with Crippen molar-refractivity contribution in [3.8, 4) is 0 Å². The highest BCUT2D eigenvalue weighted by atomic mass is 35.5. The van der Waals surface area contributed by atoms with Crippen molar-refractivity contribution in [3.63, 3.8) is 0 Å². The van der Waals surface area contributed by atoms with Gasteiger partial charge in [-0.05, 0) is 37.8 Å². The molecule has 1 N–H and O–H groups in total. The van der Waals surface area contributed by atoms with Crippen molar-refractivity contribution >= 4 is 22.4 Å². The molecule has 18 heavy (non-hydrogen) atoms. The van der Waals surface area contributed by atoms with Crippen LogP contribution in [-0.2, 0) is 14.8 Å². The van der Waals surface area contributed by atoms with Crippen LogP contribution in [0.1, 0.15) is 12.8 Å². The highest BCUT2D eigenvalue weighted by Crippen LogP contribution is 2.29. The number of ether oxygens (including phenoxy) is 1. The second kappa shape index (κ2) is 5.63. The van der Waals surface area contributed by atoms with Gasteiger partial charge in [0.25, 0.3) is 0 Å². The normalized spacial score (nSPS) is 36.6. The fourth-order valence-electron chi connectivity index (χ4n) is 3.16. The molecule has 0 aromatic carbocycles. The Morgan fingerprint density at radius 2 is 1.89 bits per heavy atom. The number of hydrogen-bond acceptors (Lipinski definition) is 4. The molecule has 7 heteroatoms. The summed E-state index contributed by atoms with van der Waals surface area (Å²) in [6, 6.07) is 0. The van der Waals surface area contributed by atoms with Crippen molar-refractivity contribution in [2.75, 3.05) is 38.5 Å². The van der Waals surface area contributed by atoms with E-state index in [2.05, 4.69) is 5.32 Å². The van der Waals surface area contributed by atoms with Crippen LogP contribution in [0.25, 0.3) is 0 Å². The zero-order valence-electron chi connectivity index (χ0n) is 10.4. The number of nitrogens with one attached hydrogen (secondary N) is 1. The van der Waals surface area contributed by atoms with Crippen LogP contribution in [0.4, 0.5) is 0 Å². The van der Waals surface area contributed by atoms with Crippen LogP contribution in [0.3, 0.4) is 0 Å². The summed E-state index contributed by atoms with van der Waals surface area (Å²) < 4.78 is 31.6. The summed E-state index contributed by atoms with van der Waals surface area (Å²) in [5, 5.41) is 3.32. The molecule has 0 aliphatic carbocycles. The Balaban J connectivity index is 0.00000120. The maximum atomic E-state index is 12.2. The lowest BCUT2D eigenvalue weighted by Gasteiger charge is -2.19. The summed E-state index contributed by atoms with van der Waals surface area (Å²) in [6.07, 6.45) is 1.81. The Morgan fingerprint density at radius 1 is 1.22 bits per heavy atom. The van der Waals surface area contributed by atoms with E-state index in [-0.39, 0.29) is 24.3 Å². The van der Waals surface area contributed by atoms with Gasteiger partial charge >= 0.3 is 0 Å². The average molecular weight is 297 g/mol. The van der Waals surface area contributed by atoms with Crippen molar-refractivity contribution in [2.24, 2.45) is 11.8 Å². The quantitative estimate of drug-likeness (QED) is 0.801. The molecule has 0 spiro atoms. The molecule has 0 aromatic rings. The van der Waals surface area contributed by atoms with Gasteiger partial charge in [0.1, 0.15) is 0 Å². The molecule has 1 unspecified atom stereocenters. The predicted molar refractivity (Wildman–Crippen MR) is 71.4 cm³/mol. The molecule has 3 saturated heterocycles. The van der Waals surface area contributed by atoms with E-state index in [1.165, 1.54) is 0 Å². The molecular weight excluding hydrogens is 276 g/mol. The number of rotatable bonds is 3. The Labute approximate surface area is 115 Å². The predicted octanol–water partition coefficient (Wildman–Crippen LogP) is 0.0682. The van der Waals surface area contributed by atoms with Crippen LogP contribution in [0.15, 0.2) is 0 Å². The Hall–Kier alpha value is 0.120. The van der Waals surface area contributed by atoms with Crippen LogP contribution >= 0.6 is 12.4 Å². The van der Waals surface area contributed by atoms with Gasteiger partial charge in [-0.3, -0.25) is 0 Å².